The standard InChI is InChI=1S/C12H25N3S/c1-10(2)8-14-4-6-15(7-5-14)9-11(3)12(13)16/h10-11H,4-9H2,1-3H3,(H2,13,16). The minimum Gasteiger partial charge on any atom is -0.393 e. The second kappa shape index (κ2) is 6.52. The van der Waals surface area contributed by atoms with Crippen LogP contribution in [0.1, 0.15) is 20.8 Å². The predicted octanol–water partition coefficient (Wildman–Crippen LogP) is 1.18. The minimum atomic E-state index is 0.339. The Kier molecular flexibility index (Phi) is 5.66. The van der Waals surface area contributed by atoms with E-state index in [2.05, 4.69) is 30.6 Å². The summed E-state index contributed by atoms with van der Waals surface area (Å²) in [6, 6.07) is 0. The Morgan fingerprint density at radius 3 is 1.88 bits per heavy atom. The van der Waals surface area contributed by atoms with E-state index in [9.17, 15) is 0 Å². The Balaban J connectivity index is 2.24. The summed E-state index contributed by atoms with van der Waals surface area (Å²) in [5, 5.41) is 0. The fraction of sp³-hybridized carbons (Fsp3) is 0.917. The zero-order valence-electron chi connectivity index (χ0n) is 10.8. The Morgan fingerprint density at radius 2 is 1.50 bits per heavy atom. The Bertz CT molecular complexity index is 222. The number of piperazine rings is 1. The quantitative estimate of drug-likeness (QED) is 0.735. The summed E-state index contributed by atoms with van der Waals surface area (Å²) in [5.74, 6) is 1.11. The molecule has 94 valence electrons. The topological polar surface area (TPSA) is 32.5 Å². The van der Waals surface area contributed by atoms with Crippen molar-refractivity contribution in [2.45, 2.75) is 20.8 Å². The van der Waals surface area contributed by atoms with Crippen molar-refractivity contribution < 1.29 is 0 Å². The molecule has 3 nitrogen and oxygen atoms in total. The van der Waals surface area contributed by atoms with Crippen molar-refractivity contribution >= 4 is 17.2 Å². The summed E-state index contributed by atoms with van der Waals surface area (Å²) >= 11 is 5.01. The summed E-state index contributed by atoms with van der Waals surface area (Å²) in [6.07, 6.45) is 0. The number of hydrogen-bond donors (Lipinski definition) is 1. The van der Waals surface area contributed by atoms with E-state index < -0.39 is 0 Å². The van der Waals surface area contributed by atoms with Gasteiger partial charge in [-0.2, -0.15) is 0 Å². The van der Waals surface area contributed by atoms with Crippen LogP contribution in [-0.4, -0.2) is 54.1 Å². The highest BCUT2D eigenvalue weighted by Crippen LogP contribution is 2.07. The SMILES string of the molecule is CC(C)CN1CCN(CC(C)C(N)=S)CC1. The molecule has 0 amide bonds. The molecule has 0 aromatic rings. The Morgan fingerprint density at radius 1 is 1.06 bits per heavy atom. The van der Waals surface area contributed by atoms with Crippen LogP contribution in [0.15, 0.2) is 0 Å². The van der Waals surface area contributed by atoms with Crippen molar-refractivity contribution in [2.24, 2.45) is 17.6 Å². The summed E-state index contributed by atoms with van der Waals surface area (Å²) in [6.45, 7) is 13.6. The van der Waals surface area contributed by atoms with Gasteiger partial charge in [0.2, 0.25) is 0 Å². The van der Waals surface area contributed by atoms with Gasteiger partial charge in [-0.25, -0.2) is 0 Å². The van der Waals surface area contributed by atoms with Gasteiger partial charge in [0.15, 0.2) is 0 Å². The summed E-state index contributed by atoms with van der Waals surface area (Å²) in [7, 11) is 0. The fourth-order valence-corrected chi connectivity index (χ4v) is 2.22. The zero-order chi connectivity index (χ0) is 12.1. The molecule has 0 aromatic heterocycles. The van der Waals surface area contributed by atoms with Gasteiger partial charge in [0.25, 0.3) is 0 Å². The smallest absolute Gasteiger partial charge is 0.0768 e. The average molecular weight is 243 g/mol. The first kappa shape index (κ1) is 13.9. The summed E-state index contributed by atoms with van der Waals surface area (Å²) in [4.78, 5) is 5.66. The molecule has 1 atom stereocenters. The normalized spacial score (nSPS) is 21.2. The number of nitrogens with two attached hydrogens (primary N) is 1. The lowest BCUT2D eigenvalue weighted by Gasteiger charge is -2.36. The van der Waals surface area contributed by atoms with Crippen LogP contribution in [-0.2, 0) is 0 Å². The third-order valence-electron chi connectivity index (χ3n) is 3.11. The second-order valence-corrected chi connectivity index (χ2v) is 5.77. The molecule has 0 bridgehead atoms. The molecule has 0 spiro atoms. The van der Waals surface area contributed by atoms with Gasteiger partial charge in [0.05, 0.1) is 4.99 Å². The molecule has 0 aliphatic carbocycles. The van der Waals surface area contributed by atoms with Gasteiger partial charge in [0.1, 0.15) is 0 Å². The van der Waals surface area contributed by atoms with Crippen molar-refractivity contribution in [2.75, 3.05) is 39.3 Å². The monoisotopic (exact) mass is 243 g/mol. The molecule has 1 aliphatic heterocycles. The van der Waals surface area contributed by atoms with Gasteiger partial charge in [0, 0.05) is 45.2 Å². The molecular formula is C12H25N3S. The van der Waals surface area contributed by atoms with Crippen LogP contribution in [0.3, 0.4) is 0 Å². The molecule has 1 rings (SSSR count). The Hall–Kier alpha value is -0.190. The van der Waals surface area contributed by atoms with E-state index in [1.807, 2.05) is 0 Å². The molecule has 1 fully saturated rings. The van der Waals surface area contributed by atoms with E-state index in [-0.39, 0.29) is 0 Å². The number of thiocarbonyl (C=S) groups is 1. The second-order valence-electron chi connectivity index (χ2n) is 5.30. The van der Waals surface area contributed by atoms with Crippen molar-refractivity contribution in [3.63, 3.8) is 0 Å². The van der Waals surface area contributed by atoms with Crippen LogP contribution in [0.4, 0.5) is 0 Å². The third-order valence-corrected chi connectivity index (χ3v) is 3.51. The molecule has 4 heteroatoms. The molecule has 16 heavy (non-hydrogen) atoms. The predicted molar refractivity (Wildman–Crippen MR) is 73.7 cm³/mol. The highest BCUT2D eigenvalue weighted by Gasteiger charge is 2.19. The highest BCUT2D eigenvalue weighted by atomic mass is 32.1. The average Bonchev–Trinajstić information content (AvgIpc) is 2.20. The van der Waals surface area contributed by atoms with Gasteiger partial charge in [-0.15, -0.1) is 0 Å². The molecule has 1 aliphatic rings. The molecule has 1 heterocycles. The van der Waals surface area contributed by atoms with Crippen molar-refractivity contribution in [3.8, 4) is 0 Å². The third kappa shape index (κ3) is 4.76. The number of nitrogens with zero attached hydrogens (tertiary/aromatic N) is 2. The van der Waals surface area contributed by atoms with Crippen LogP contribution in [0.5, 0.6) is 0 Å². The largest absolute Gasteiger partial charge is 0.393 e. The Labute approximate surface area is 105 Å². The van der Waals surface area contributed by atoms with E-state index in [0.29, 0.717) is 10.9 Å². The molecule has 1 saturated heterocycles. The van der Waals surface area contributed by atoms with Crippen LogP contribution >= 0.6 is 12.2 Å². The van der Waals surface area contributed by atoms with Crippen molar-refractivity contribution in [1.82, 2.24) is 9.80 Å². The van der Waals surface area contributed by atoms with Gasteiger partial charge in [-0.05, 0) is 5.92 Å². The van der Waals surface area contributed by atoms with E-state index >= 15 is 0 Å². The summed E-state index contributed by atoms with van der Waals surface area (Å²) < 4.78 is 0. The molecule has 1 unspecified atom stereocenters. The zero-order valence-corrected chi connectivity index (χ0v) is 11.6. The van der Waals surface area contributed by atoms with Crippen LogP contribution < -0.4 is 5.73 Å². The maximum absolute atomic E-state index is 5.64. The lowest BCUT2D eigenvalue weighted by atomic mass is 10.1. The maximum Gasteiger partial charge on any atom is 0.0768 e. The number of hydrogen-bond acceptors (Lipinski definition) is 3. The molecule has 0 saturated carbocycles. The van der Waals surface area contributed by atoms with E-state index in [1.165, 1.54) is 19.6 Å². The highest BCUT2D eigenvalue weighted by molar-refractivity contribution is 7.80. The van der Waals surface area contributed by atoms with Crippen LogP contribution in [0.25, 0.3) is 0 Å². The van der Waals surface area contributed by atoms with E-state index in [1.54, 1.807) is 0 Å². The van der Waals surface area contributed by atoms with Crippen LogP contribution in [0, 0.1) is 11.8 Å². The maximum atomic E-state index is 5.64. The first-order valence-electron chi connectivity index (χ1n) is 6.23. The summed E-state index contributed by atoms with van der Waals surface area (Å²) in [5.41, 5.74) is 5.64. The van der Waals surface area contributed by atoms with Crippen molar-refractivity contribution in [3.05, 3.63) is 0 Å². The first-order chi connectivity index (χ1) is 7.49. The van der Waals surface area contributed by atoms with E-state index in [4.69, 9.17) is 18.0 Å². The molecule has 2 N–H and O–H groups in total. The van der Waals surface area contributed by atoms with Gasteiger partial charge in [-0.1, -0.05) is 33.0 Å². The van der Waals surface area contributed by atoms with Gasteiger partial charge < -0.3 is 15.5 Å². The number of rotatable bonds is 5. The van der Waals surface area contributed by atoms with Crippen LogP contribution in [0.2, 0.25) is 0 Å². The minimum absolute atomic E-state index is 0.339. The fourth-order valence-electron chi connectivity index (χ4n) is 2.15. The van der Waals surface area contributed by atoms with Gasteiger partial charge >= 0.3 is 0 Å². The molecular weight excluding hydrogens is 218 g/mol. The molecule has 0 radical (unpaired) electrons. The molecule has 0 aromatic carbocycles. The van der Waals surface area contributed by atoms with Gasteiger partial charge in [-0.3, -0.25) is 0 Å². The van der Waals surface area contributed by atoms with Crippen molar-refractivity contribution in [1.29, 1.82) is 0 Å². The lowest BCUT2D eigenvalue weighted by Crippen LogP contribution is -2.49. The van der Waals surface area contributed by atoms with E-state index in [0.717, 1.165) is 25.6 Å². The lowest BCUT2D eigenvalue weighted by molar-refractivity contribution is 0.118. The first-order valence-corrected chi connectivity index (χ1v) is 6.64.